The fourth-order valence-electron chi connectivity index (χ4n) is 1.80. The van der Waals surface area contributed by atoms with E-state index in [1.54, 1.807) is 6.20 Å². The van der Waals surface area contributed by atoms with Crippen molar-refractivity contribution in [1.82, 2.24) is 9.97 Å². The van der Waals surface area contributed by atoms with Gasteiger partial charge in [-0.1, -0.05) is 39.3 Å². The summed E-state index contributed by atoms with van der Waals surface area (Å²) in [5.41, 5.74) is 2.47. The topological polar surface area (TPSA) is 67.1 Å². The summed E-state index contributed by atoms with van der Waals surface area (Å²) in [6, 6.07) is 0. The molecule has 0 aliphatic rings. The molecule has 20 heavy (non-hydrogen) atoms. The lowest BCUT2D eigenvalue weighted by Crippen LogP contribution is -2.29. The van der Waals surface area contributed by atoms with Crippen LogP contribution in [-0.4, -0.2) is 23.1 Å². The van der Waals surface area contributed by atoms with Crippen LogP contribution in [0.3, 0.4) is 0 Å². The van der Waals surface area contributed by atoms with Gasteiger partial charge in [-0.2, -0.15) is 4.98 Å². The van der Waals surface area contributed by atoms with E-state index in [1.165, 1.54) is 0 Å². The van der Waals surface area contributed by atoms with Gasteiger partial charge in [0, 0.05) is 13.1 Å². The fourth-order valence-corrected chi connectivity index (χ4v) is 2.01. The molecule has 0 radical (unpaired) electrons. The Kier molecular flexibility index (Phi) is 7.02. The number of halogens is 1. The second-order valence-corrected chi connectivity index (χ2v) is 6.27. The molecular weight excluding hydrogens is 274 g/mol. The van der Waals surface area contributed by atoms with Gasteiger partial charge in [0.1, 0.15) is 5.02 Å². The number of aromatic nitrogens is 2. The smallest absolute Gasteiger partial charge is 0.239 e. The summed E-state index contributed by atoms with van der Waals surface area (Å²) in [4.78, 5) is 10.6. The first kappa shape index (κ1) is 17.0. The zero-order valence-corrected chi connectivity index (χ0v) is 13.6. The lowest BCUT2D eigenvalue weighted by atomic mass is 10.1. The Bertz CT molecular complexity index is 397. The van der Waals surface area contributed by atoms with E-state index in [-0.39, 0.29) is 0 Å². The molecule has 1 aromatic heterocycles. The third kappa shape index (κ3) is 5.51. The number of nitrogens with zero attached hydrogens (tertiary/aromatic N) is 3. The van der Waals surface area contributed by atoms with Crippen LogP contribution >= 0.6 is 11.6 Å². The van der Waals surface area contributed by atoms with E-state index in [0.717, 1.165) is 31.7 Å². The molecule has 0 spiro atoms. The average Bonchev–Trinajstić information content (AvgIpc) is 2.39. The van der Waals surface area contributed by atoms with Crippen LogP contribution in [0.5, 0.6) is 0 Å². The molecule has 0 saturated heterocycles. The Balaban J connectivity index is 2.89. The van der Waals surface area contributed by atoms with Gasteiger partial charge in [-0.15, -0.1) is 0 Å². The van der Waals surface area contributed by atoms with Crippen LogP contribution in [0.25, 0.3) is 0 Å². The lowest BCUT2D eigenvalue weighted by molar-refractivity contribution is 0.533. The number of nitrogens with two attached hydrogens (primary N) is 1. The summed E-state index contributed by atoms with van der Waals surface area (Å²) in [6.07, 6.45) is 3.80. The highest BCUT2D eigenvalue weighted by Gasteiger charge is 2.14. The molecule has 3 N–H and O–H groups in total. The van der Waals surface area contributed by atoms with Crippen molar-refractivity contribution in [2.45, 2.75) is 40.5 Å². The van der Waals surface area contributed by atoms with Crippen molar-refractivity contribution in [3.8, 4) is 0 Å². The highest BCUT2D eigenvalue weighted by atomic mass is 35.5. The Morgan fingerprint density at radius 3 is 2.20 bits per heavy atom. The minimum absolute atomic E-state index is 0.392. The maximum absolute atomic E-state index is 6.24. The van der Waals surface area contributed by atoms with Crippen molar-refractivity contribution in [2.75, 3.05) is 23.4 Å². The Hall–Kier alpha value is -1.07. The third-order valence-corrected chi connectivity index (χ3v) is 3.37. The van der Waals surface area contributed by atoms with Gasteiger partial charge in [0.15, 0.2) is 5.82 Å². The van der Waals surface area contributed by atoms with Gasteiger partial charge in [-0.25, -0.2) is 10.8 Å². The third-order valence-electron chi connectivity index (χ3n) is 3.11. The van der Waals surface area contributed by atoms with E-state index in [9.17, 15) is 0 Å². The first-order chi connectivity index (χ1) is 9.43. The standard InChI is InChI=1S/C14H26ClN5/c1-10(2)5-7-20(8-6-11(3)4)13-12(15)9-17-14(18-13)19-16/h9-11H,5-8,16H2,1-4H3,(H,17,18,19). The predicted octanol–water partition coefficient (Wildman–Crippen LogP) is 3.31. The summed E-state index contributed by atoms with van der Waals surface area (Å²) in [5, 5.41) is 0.566. The lowest BCUT2D eigenvalue weighted by Gasteiger charge is -2.26. The van der Waals surface area contributed by atoms with Crippen LogP contribution < -0.4 is 16.2 Å². The molecule has 0 atom stereocenters. The van der Waals surface area contributed by atoms with Crippen LogP contribution in [-0.2, 0) is 0 Å². The van der Waals surface area contributed by atoms with Gasteiger partial charge in [-0.3, -0.25) is 5.43 Å². The maximum atomic E-state index is 6.24. The summed E-state index contributed by atoms with van der Waals surface area (Å²) in [5.74, 6) is 7.81. The van der Waals surface area contributed by atoms with Gasteiger partial charge < -0.3 is 4.90 Å². The largest absolute Gasteiger partial charge is 0.355 e. The van der Waals surface area contributed by atoms with Crippen molar-refractivity contribution < 1.29 is 0 Å². The van der Waals surface area contributed by atoms with Gasteiger partial charge >= 0.3 is 0 Å². The van der Waals surface area contributed by atoms with Crippen molar-refractivity contribution in [3.05, 3.63) is 11.2 Å². The molecule has 1 heterocycles. The quantitative estimate of drug-likeness (QED) is 0.569. The molecule has 0 fully saturated rings. The number of hydrogen-bond donors (Lipinski definition) is 2. The molecule has 1 rings (SSSR count). The SMILES string of the molecule is CC(C)CCN(CCC(C)C)c1nc(NN)ncc1Cl. The molecule has 5 nitrogen and oxygen atoms in total. The van der Waals surface area contributed by atoms with E-state index in [1.807, 2.05) is 0 Å². The van der Waals surface area contributed by atoms with Gasteiger partial charge in [0.2, 0.25) is 5.95 Å². The summed E-state index contributed by atoms with van der Waals surface area (Å²) < 4.78 is 0. The van der Waals surface area contributed by atoms with Crippen LogP contribution in [0.4, 0.5) is 11.8 Å². The van der Waals surface area contributed by atoms with Crippen LogP contribution in [0, 0.1) is 11.8 Å². The average molecular weight is 300 g/mol. The predicted molar refractivity (Wildman–Crippen MR) is 86.0 cm³/mol. The number of nitrogens with one attached hydrogen (secondary N) is 1. The molecule has 114 valence electrons. The van der Waals surface area contributed by atoms with Gasteiger partial charge in [0.25, 0.3) is 0 Å². The van der Waals surface area contributed by atoms with Gasteiger partial charge in [0.05, 0.1) is 6.20 Å². The second kappa shape index (κ2) is 8.27. The number of hydrogen-bond acceptors (Lipinski definition) is 5. The number of nitrogen functional groups attached to an aromatic ring is 1. The number of anilines is 2. The molecule has 0 aliphatic heterocycles. The Morgan fingerprint density at radius 2 is 1.75 bits per heavy atom. The molecule has 6 heteroatoms. The van der Waals surface area contributed by atoms with Crippen LogP contribution in [0.1, 0.15) is 40.5 Å². The monoisotopic (exact) mass is 299 g/mol. The molecule has 1 aromatic rings. The maximum Gasteiger partial charge on any atom is 0.239 e. The molecule has 0 aliphatic carbocycles. The van der Waals surface area contributed by atoms with Crippen LogP contribution in [0.2, 0.25) is 5.02 Å². The van der Waals surface area contributed by atoms with E-state index >= 15 is 0 Å². The van der Waals surface area contributed by atoms with Crippen molar-refractivity contribution in [1.29, 1.82) is 0 Å². The normalized spacial score (nSPS) is 11.2. The zero-order valence-electron chi connectivity index (χ0n) is 12.9. The Morgan fingerprint density at radius 1 is 1.20 bits per heavy atom. The fraction of sp³-hybridized carbons (Fsp3) is 0.714. The highest BCUT2D eigenvalue weighted by Crippen LogP contribution is 2.25. The first-order valence-corrected chi connectivity index (χ1v) is 7.56. The van der Waals surface area contributed by atoms with Gasteiger partial charge in [-0.05, 0) is 24.7 Å². The molecule has 0 bridgehead atoms. The van der Waals surface area contributed by atoms with E-state index in [0.29, 0.717) is 22.8 Å². The first-order valence-electron chi connectivity index (χ1n) is 7.18. The number of hydrazine groups is 1. The highest BCUT2D eigenvalue weighted by molar-refractivity contribution is 6.32. The van der Waals surface area contributed by atoms with Crippen LogP contribution in [0.15, 0.2) is 6.20 Å². The molecule has 0 saturated carbocycles. The summed E-state index contributed by atoms with van der Waals surface area (Å²) >= 11 is 6.24. The molecule has 0 aromatic carbocycles. The van der Waals surface area contributed by atoms with E-state index in [4.69, 9.17) is 17.4 Å². The molecule has 0 unspecified atom stereocenters. The van der Waals surface area contributed by atoms with Crippen molar-refractivity contribution in [2.24, 2.45) is 17.7 Å². The Labute approximate surface area is 126 Å². The second-order valence-electron chi connectivity index (χ2n) is 5.86. The number of rotatable bonds is 8. The molecule has 0 amide bonds. The van der Waals surface area contributed by atoms with E-state index < -0.39 is 0 Å². The van der Waals surface area contributed by atoms with E-state index in [2.05, 4.69) is 48.0 Å². The molecular formula is C14H26ClN5. The minimum Gasteiger partial charge on any atom is -0.355 e. The summed E-state index contributed by atoms with van der Waals surface area (Å²) in [7, 11) is 0. The summed E-state index contributed by atoms with van der Waals surface area (Å²) in [6.45, 7) is 10.7. The zero-order chi connectivity index (χ0) is 15.1. The van der Waals surface area contributed by atoms with Crippen molar-refractivity contribution in [3.63, 3.8) is 0 Å². The minimum atomic E-state index is 0.392. The van der Waals surface area contributed by atoms with Crippen molar-refractivity contribution >= 4 is 23.4 Å².